The maximum absolute atomic E-state index is 11.0. The third-order valence-electron chi connectivity index (χ3n) is 3.59. The fourth-order valence-electron chi connectivity index (χ4n) is 2.17. The van der Waals surface area contributed by atoms with Crippen molar-refractivity contribution in [3.05, 3.63) is 35.4 Å². The second-order valence-corrected chi connectivity index (χ2v) is 6.21. The predicted octanol–water partition coefficient (Wildman–Crippen LogP) is 4.71. The summed E-state index contributed by atoms with van der Waals surface area (Å²) in [7, 11) is 0. The molecule has 0 amide bonds. The molecule has 0 aliphatic rings. The molecular formula is C17H26O. The van der Waals surface area contributed by atoms with Crippen molar-refractivity contribution in [2.75, 3.05) is 0 Å². The van der Waals surface area contributed by atoms with E-state index in [0.717, 1.165) is 19.3 Å². The van der Waals surface area contributed by atoms with E-state index in [2.05, 4.69) is 45.0 Å². The average molecular weight is 246 g/mol. The van der Waals surface area contributed by atoms with E-state index in [1.54, 1.807) is 6.92 Å². The lowest BCUT2D eigenvalue weighted by Crippen LogP contribution is -2.13. The Kier molecular flexibility index (Phi) is 5.58. The minimum Gasteiger partial charge on any atom is -0.300 e. The van der Waals surface area contributed by atoms with Crippen molar-refractivity contribution >= 4 is 5.78 Å². The van der Waals surface area contributed by atoms with Crippen LogP contribution in [0.3, 0.4) is 0 Å². The zero-order chi connectivity index (χ0) is 13.6. The summed E-state index contributed by atoms with van der Waals surface area (Å²) in [5.74, 6) is 0.307. The zero-order valence-electron chi connectivity index (χ0n) is 12.3. The Morgan fingerprint density at radius 1 is 1.11 bits per heavy atom. The van der Waals surface area contributed by atoms with E-state index in [1.807, 2.05) is 0 Å². The third-order valence-corrected chi connectivity index (χ3v) is 3.59. The van der Waals surface area contributed by atoms with Gasteiger partial charge >= 0.3 is 0 Å². The van der Waals surface area contributed by atoms with E-state index in [1.165, 1.54) is 24.0 Å². The van der Waals surface area contributed by atoms with Crippen LogP contribution in [0, 0.1) is 12.3 Å². The van der Waals surface area contributed by atoms with Gasteiger partial charge in [-0.15, -0.1) is 0 Å². The van der Waals surface area contributed by atoms with E-state index >= 15 is 0 Å². The van der Waals surface area contributed by atoms with Crippen LogP contribution in [0.15, 0.2) is 24.3 Å². The maximum atomic E-state index is 11.0. The standard InChI is InChI=1S/C17H26O/c1-14-7-9-16(10-8-14)6-5-12-17(3,4)13-11-15(2)18/h7-10H,5-6,11-13H2,1-4H3. The van der Waals surface area contributed by atoms with Crippen molar-refractivity contribution in [3.8, 4) is 0 Å². The second-order valence-electron chi connectivity index (χ2n) is 6.21. The molecule has 0 aliphatic carbocycles. The van der Waals surface area contributed by atoms with E-state index in [4.69, 9.17) is 0 Å². The molecule has 0 fully saturated rings. The number of carbonyl (C=O) groups excluding carboxylic acids is 1. The fraction of sp³-hybridized carbons (Fsp3) is 0.588. The highest BCUT2D eigenvalue weighted by Crippen LogP contribution is 2.29. The summed E-state index contributed by atoms with van der Waals surface area (Å²) in [6.45, 7) is 8.34. The monoisotopic (exact) mass is 246 g/mol. The number of carbonyl (C=O) groups is 1. The van der Waals surface area contributed by atoms with Gasteiger partial charge in [-0.3, -0.25) is 0 Å². The topological polar surface area (TPSA) is 17.1 Å². The minimum atomic E-state index is 0.288. The molecule has 1 aromatic carbocycles. The Bertz CT molecular complexity index is 373. The lowest BCUT2D eigenvalue weighted by atomic mass is 9.82. The number of aryl methyl sites for hydroxylation is 2. The van der Waals surface area contributed by atoms with Gasteiger partial charge in [0.25, 0.3) is 0 Å². The summed E-state index contributed by atoms with van der Waals surface area (Å²) in [5, 5.41) is 0. The molecule has 0 bridgehead atoms. The number of benzene rings is 1. The lowest BCUT2D eigenvalue weighted by molar-refractivity contribution is -0.117. The van der Waals surface area contributed by atoms with Crippen molar-refractivity contribution in [3.63, 3.8) is 0 Å². The summed E-state index contributed by atoms with van der Waals surface area (Å²) in [5.41, 5.74) is 3.03. The van der Waals surface area contributed by atoms with Crippen LogP contribution in [0.25, 0.3) is 0 Å². The van der Waals surface area contributed by atoms with E-state index in [-0.39, 0.29) is 5.41 Å². The molecule has 0 saturated carbocycles. The summed E-state index contributed by atoms with van der Waals surface area (Å²) in [4.78, 5) is 11.0. The molecule has 1 heteroatoms. The number of hydrogen-bond acceptors (Lipinski definition) is 1. The SMILES string of the molecule is CC(=O)CCC(C)(C)CCCc1ccc(C)cc1. The highest BCUT2D eigenvalue weighted by molar-refractivity contribution is 5.75. The second kappa shape index (κ2) is 6.72. The molecule has 100 valence electrons. The predicted molar refractivity (Wildman–Crippen MR) is 77.8 cm³/mol. The van der Waals surface area contributed by atoms with Crippen LogP contribution < -0.4 is 0 Å². The highest BCUT2D eigenvalue weighted by Gasteiger charge is 2.17. The molecule has 1 aromatic rings. The van der Waals surface area contributed by atoms with Gasteiger partial charge in [0.05, 0.1) is 0 Å². The maximum Gasteiger partial charge on any atom is 0.129 e. The first-order valence-corrected chi connectivity index (χ1v) is 6.94. The zero-order valence-corrected chi connectivity index (χ0v) is 12.3. The molecule has 0 saturated heterocycles. The molecule has 1 rings (SSSR count). The van der Waals surface area contributed by atoms with Crippen LogP contribution in [0.1, 0.15) is 57.6 Å². The highest BCUT2D eigenvalue weighted by atomic mass is 16.1. The quantitative estimate of drug-likeness (QED) is 0.680. The Morgan fingerprint density at radius 3 is 2.28 bits per heavy atom. The Balaban J connectivity index is 2.31. The van der Waals surface area contributed by atoms with Gasteiger partial charge in [0.2, 0.25) is 0 Å². The molecular weight excluding hydrogens is 220 g/mol. The van der Waals surface area contributed by atoms with Gasteiger partial charge in [0, 0.05) is 6.42 Å². The minimum absolute atomic E-state index is 0.288. The van der Waals surface area contributed by atoms with Crippen LogP contribution >= 0.6 is 0 Å². The molecule has 1 nitrogen and oxygen atoms in total. The molecule has 0 spiro atoms. The fourth-order valence-corrected chi connectivity index (χ4v) is 2.17. The van der Waals surface area contributed by atoms with Gasteiger partial charge in [-0.25, -0.2) is 0 Å². The molecule has 0 atom stereocenters. The number of rotatable bonds is 7. The first kappa shape index (κ1) is 14.9. The number of ketones is 1. The van der Waals surface area contributed by atoms with Crippen LogP contribution in [0.4, 0.5) is 0 Å². The van der Waals surface area contributed by atoms with Crippen molar-refractivity contribution in [2.45, 2.75) is 59.8 Å². The molecule has 0 radical (unpaired) electrons. The van der Waals surface area contributed by atoms with Crippen LogP contribution in [0.5, 0.6) is 0 Å². The van der Waals surface area contributed by atoms with Gasteiger partial charge in [-0.2, -0.15) is 0 Å². The van der Waals surface area contributed by atoms with Crippen LogP contribution in [0.2, 0.25) is 0 Å². The van der Waals surface area contributed by atoms with Gasteiger partial charge in [0.15, 0.2) is 0 Å². The molecule has 0 N–H and O–H groups in total. The molecule has 0 unspecified atom stereocenters. The molecule has 0 heterocycles. The summed E-state index contributed by atoms with van der Waals surface area (Å²) < 4.78 is 0. The largest absolute Gasteiger partial charge is 0.300 e. The Hall–Kier alpha value is -1.11. The first-order valence-electron chi connectivity index (χ1n) is 6.94. The Morgan fingerprint density at radius 2 is 1.72 bits per heavy atom. The van der Waals surface area contributed by atoms with Crippen LogP contribution in [-0.2, 0) is 11.2 Å². The summed E-state index contributed by atoms with van der Waals surface area (Å²) in [6, 6.07) is 8.79. The smallest absolute Gasteiger partial charge is 0.129 e. The molecule has 18 heavy (non-hydrogen) atoms. The summed E-state index contributed by atoms with van der Waals surface area (Å²) >= 11 is 0. The van der Waals surface area contributed by atoms with E-state index in [9.17, 15) is 4.79 Å². The number of hydrogen-bond donors (Lipinski definition) is 0. The average Bonchev–Trinajstić information content (AvgIpc) is 2.29. The normalized spacial score (nSPS) is 11.6. The van der Waals surface area contributed by atoms with E-state index in [0.29, 0.717) is 5.78 Å². The van der Waals surface area contributed by atoms with Crippen molar-refractivity contribution in [1.29, 1.82) is 0 Å². The Labute approximate surface area is 112 Å². The van der Waals surface area contributed by atoms with Gasteiger partial charge in [-0.1, -0.05) is 43.7 Å². The van der Waals surface area contributed by atoms with Gasteiger partial charge in [-0.05, 0) is 50.5 Å². The van der Waals surface area contributed by atoms with Gasteiger partial charge in [0.1, 0.15) is 5.78 Å². The van der Waals surface area contributed by atoms with E-state index < -0.39 is 0 Å². The summed E-state index contributed by atoms with van der Waals surface area (Å²) in [6.07, 6.45) is 5.26. The molecule has 0 aliphatic heterocycles. The van der Waals surface area contributed by atoms with Crippen molar-refractivity contribution in [2.24, 2.45) is 5.41 Å². The lowest BCUT2D eigenvalue weighted by Gasteiger charge is -2.24. The van der Waals surface area contributed by atoms with Crippen molar-refractivity contribution < 1.29 is 4.79 Å². The molecule has 0 aromatic heterocycles. The third kappa shape index (κ3) is 6.00. The van der Waals surface area contributed by atoms with Crippen LogP contribution in [-0.4, -0.2) is 5.78 Å². The number of Topliss-reactive ketones (excluding diaryl/α,β-unsaturated/α-hetero) is 1. The van der Waals surface area contributed by atoms with Crippen molar-refractivity contribution in [1.82, 2.24) is 0 Å². The first-order chi connectivity index (χ1) is 8.39. The van der Waals surface area contributed by atoms with Gasteiger partial charge < -0.3 is 4.79 Å².